The lowest BCUT2D eigenvalue weighted by atomic mass is 10.1. The molecular formula is C19H22ClN3O. The van der Waals surface area contributed by atoms with Crippen molar-refractivity contribution < 1.29 is 4.79 Å². The van der Waals surface area contributed by atoms with E-state index in [-0.39, 0.29) is 5.91 Å². The first-order valence-corrected chi connectivity index (χ1v) is 8.69. The summed E-state index contributed by atoms with van der Waals surface area (Å²) in [6.07, 6.45) is 4.87. The van der Waals surface area contributed by atoms with Gasteiger partial charge in [-0.2, -0.15) is 0 Å². The number of nitrogens with zero attached hydrogens (tertiary/aromatic N) is 3. The molecule has 2 aromatic rings. The van der Waals surface area contributed by atoms with Crippen molar-refractivity contribution >= 4 is 23.2 Å². The molecule has 0 atom stereocenters. The average molecular weight is 344 g/mol. The van der Waals surface area contributed by atoms with Crippen LogP contribution >= 0.6 is 11.6 Å². The monoisotopic (exact) mass is 343 g/mol. The summed E-state index contributed by atoms with van der Waals surface area (Å²) < 4.78 is 0. The molecule has 0 bridgehead atoms. The van der Waals surface area contributed by atoms with E-state index in [9.17, 15) is 4.79 Å². The van der Waals surface area contributed by atoms with Crippen molar-refractivity contribution in [3.05, 3.63) is 58.9 Å². The zero-order valence-corrected chi connectivity index (χ0v) is 14.7. The molecule has 126 valence electrons. The van der Waals surface area contributed by atoms with Crippen LogP contribution in [0.15, 0.2) is 42.7 Å². The van der Waals surface area contributed by atoms with Gasteiger partial charge in [0.25, 0.3) is 0 Å². The van der Waals surface area contributed by atoms with Crippen molar-refractivity contribution in [1.82, 2.24) is 9.88 Å². The molecule has 5 heteroatoms. The lowest BCUT2D eigenvalue weighted by Gasteiger charge is -2.37. The number of hydrogen-bond acceptors (Lipinski definition) is 3. The molecule has 0 spiro atoms. The summed E-state index contributed by atoms with van der Waals surface area (Å²) in [6, 6.07) is 9.89. The second kappa shape index (κ2) is 7.67. The number of piperazine rings is 1. The van der Waals surface area contributed by atoms with E-state index < -0.39 is 0 Å². The van der Waals surface area contributed by atoms with E-state index in [4.69, 9.17) is 11.6 Å². The predicted molar refractivity (Wildman–Crippen MR) is 97.5 cm³/mol. The number of halogens is 1. The maximum Gasteiger partial charge on any atom is 0.223 e. The zero-order valence-electron chi connectivity index (χ0n) is 13.9. The number of hydrogen-bond donors (Lipinski definition) is 0. The van der Waals surface area contributed by atoms with Crippen molar-refractivity contribution in [2.75, 3.05) is 31.1 Å². The standard InChI is InChI=1S/C19H22ClN3O/c1-15-4-6-17(20)13-18(15)22-9-11-23(12-10-22)19(24)7-5-16-3-2-8-21-14-16/h2-4,6,8,13-14H,5,7,9-12H2,1H3. The van der Waals surface area contributed by atoms with E-state index in [2.05, 4.69) is 16.8 Å². The minimum atomic E-state index is 0.223. The zero-order chi connectivity index (χ0) is 16.9. The fourth-order valence-electron chi connectivity index (χ4n) is 3.08. The summed E-state index contributed by atoms with van der Waals surface area (Å²) in [6.45, 7) is 5.31. The number of pyridine rings is 1. The van der Waals surface area contributed by atoms with Crippen LogP contribution in [0, 0.1) is 6.92 Å². The number of aryl methyl sites for hydroxylation is 2. The molecule has 2 heterocycles. The van der Waals surface area contributed by atoms with Crippen LogP contribution in [0.5, 0.6) is 0 Å². The van der Waals surface area contributed by atoms with Crippen LogP contribution in [-0.4, -0.2) is 42.0 Å². The van der Waals surface area contributed by atoms with Crippen molar-refractivity contribution in [2.45, 2.75) is 19.8 Å². The molecule has 1 aromatic carbocycles. The summed E-state index contributed by atoms with van der Waals surface area (Å²) >= 11 is 6.12. The topological polar surface area (TPSA) is 36.4 Å². The largest absolute Gasteiger partial charge is 0.368 e. The molecule has 0 N–H and O–H groups in total. The summed E-state index contributed by atoms with van der Waals surface area (Å²) in [5.41, 5.74) is 3.50. The number of amides is 1. The van der Waals surface area contributed by atoms with Crippen molar-refractivity contribution in [3.63, 3.8) is 0 Å². The summed E-state index contributed by atoms with van der Waals surface area (Å²) in [5, 5.41) is 0.755. The molecule has 1 fully saturated rings. The molecule has 1 amide bonds. The molecule has 1 aromatic heterocycles. The van der Waals surface area contributed by atoms with E-state index >= 15 is 0 Å². The van der Waals surface area contributed by atoms with Gasteiger partial charge in [0.2, 0.25) is 5.91 Å². The summed E-state index contributed by atoms with van der Waals surface area (Å²) in [7, 11) is 0. The van der Waals surface area contributed by atoms with Gasteiger partial charge in [0, 0.05) is 55.7 Å². The fraction of sp³-hybridized carbons (Fsp3) is 0.368. The highest BCUT2D eigenvalue weighted by molar-refractivity contribution is 6.30. The van der Waals surface area contributed by atoms with Gasteiger partial charge in [-0.3, -0.25) is 9.78 Å². The Balaban J connectivity index is 1.53. The second-order valence-corrected chi connectivity index (χ2v) is 6.60. The molecule has 3 rings (SSSR count). The van der Waals surface area contributed by atoms with Crippen molar-refractivity contribution in [3.8, 4) is 0 Å². The first kappa shape index (κ1) is 16.8. The van der Waals surface area contributed by atoms with Gasteiger partial charge in [-0.05, 0) is 42.7 Å². The molecule has 1 aliphatic rings. The number of rotatable bonds is 4. The fourth-order valence-corrected chi connectivity index (χ4v) is 3.24. The van der Waals surface area contributed by atoms with Gasteiger partial charge in [-0.15, -0.1) is 0 Å². The Morgan fingerprint density at radius 1 is 1.21 bits per heavy atom. The molecule has 4 nitrogen and oxygen atoms in total. The minimum absolute atomic E-state index is 0.223. The molecular weight excluding hydrogens is 322 g/mol. The van der Waals surface area contributed by atoms with Crippen LogP contribution in [-0.2, 0) is 11.2 Å². The first-order valence-electron chi connectivity index (χ1n) is 8.31. The third-order valence-corrected chi connectivity index (χ3v) is 4.73. The average Bonchev–Trinajstić information content (AvgIpc) is 2.63. The van der Waals surface area contributed by atoms with Crippen molar-refractivity contribution in [1.29, 1.82) is 0 Å². The van der Waals surface area contributed by atoms with E-state index in [1.54, 1.807) is 6.20 Å². The second-order valence-electron chi connectivity index (χ2n) is 6.16. The van der Waals surface area contributed by atoms with Gasteiger partial charge in [0.05, 0.1) is 0 Å². The van der Waals surface area contributed by atoms with Crippen LogP contribution in [0.1, 0.15) is 17.5 Å². The molecule has 0 unspecified atom stereocenters. The quantitative estimate of drug-likeness (QED) is 0.854. The van der Waals surface area contributed by atoms with Crippen LogP contribution in [0.25, 0.3) is 0 Å². The minimum Gasteiger partial charge on any atom is -0.368 e. The lowest BCUT2D eigenvalue weighted by molar-refractivity contribution is -0.131. The van der Waals surface area contributed by atoms with Crippen LogP contribution in [0.2, 0.25) is 5.02 Å². The van der Waals surface area contributed by atoms with E-state index in [1.165, 1.54) is 11.3 Å². The molecule has 24 heavy (non-hydrogen) atoms. The molecule has 0 radical (unpaired) electrons. The predicted octanol–water partition coefficient (Wildman–Crippen LogP) is 3.32. The Hall–Kier alpha value is -2.07. The van der Waals surface area contributed by atoms with Crippen LogP contribution in [0.4, 0.5) is 5.69 Å². The van der Waals surface area contributed by atoms with Crippen molar-refractivity contribution in [2.24, 2.45) is 0 Å². The van der Waals surface area contributed by atoms with Gasteiger partial charge in [0.15, 0.2) is 0 Å². The van der Waals surface area contributed by atoms with Gasteiger partial charge in [-0.1, -0.05) is 23.7 Å². The summed E-state index contributed by atoms with van der Waals surface area (Å²) in [5.74, 6) is 0.223. The maximum absolute atomic E-state index is 12.4. The Labute approximate surface area is 148 Å². The lowest BCUT2D eigenvalue weighted by Crippen LogP contribution is -2.49. The van der Waals surface area contributed by atoms with E-state index in [0.29, 0.717) is 6.42 Å². The normalized spacial score (nSPS) is 14.8. The molecule has 1 saturated heterocycles. The number of carbonyl (C=O) groups excluding carboxylic acids is 1. The molecule has 0 aliphatic carbocycles. The number of aromatic nitrogens is 1. The third-order valence-electron chi connectivity index (χ3n) is 4.49. The van der Waals surface area contributed by atoms with Crippen LogP contribution in [0.3, 0.4) is 0 Å². The first-order chi connectivity index (χ1) is 11.6. The summed E-state index contributed by atoms with van der Waals surface area (Å²) in [4.78, 5) is 20.8. The number of benzene rings is 1. The highest BCUT2D eigenvalue weighted by Gasteiger charge is 2.22. The SMILES string of the molecule is Cc1ccc(Cl)cc1N1CCN(C(=O)CCc2cccnc2)CC1. The molecule has 0 saturated carbocycles. The molecule has 1 aliphatic heterocycles. The van der Waals surface area contributed by atoms with Gasteiger partial charge >= 0.3 is 0 Å². The highest BCUT2D eigenvalue weighted by Crippen LogP contribution is 2.25. The highest BCUT2D eigenvalue weighted by atomic mass is 35.5. The number of anilines is 1. The Bertz CT molecular complexity index is 697. The maximum atomic E-state index is 12.4. The Kier molecular flexibility index (Phi) is 5.36. The number of carbonyl (C=O) groups is 1. The third kappa shape index (κ3) is 4.06. The smallest absolute Gasteiger partial charge is 0.223 e. The Morgan fingerprint density at radius 2 is 2.00 bits per heavy atom. The van der Waals surface area contributed by atoms with E-state index in [0.717, 1.165) is 43.2 Å². The van der Waals surface area contributed by atoms with Crippen LogP contribution < -0.4 is 4.90 Å². The Morgan fingerprint density at radius 3 is 2.71 bits per heavy atom. The van der Waals surface area contributed by atoms with Gasteiger partial charge in [0.1, 0.15) is 0 Å². The van der Waals surface area contributed by atoms with Gasteiger partial charge < -0.3 is 9.80 Å². The van der Waals surface area contributed by atoms with Gasteiger partial charge in [-0.25, -0.2) is 0 Å². The van der Waals surface area contributed by atoms with E-state index in [1.807, 2.05) is 41.4 Å².